The van der Waals surface area contributed by atoms with Crippen LogP contribution in [0.1, 0.15) is 56.6 Å². The number of esters is 1. The van der Waals surface area contributed by atoms with Crippen molar-refractivity contribution < 1.29 is 24.2 Å². The summed E-state index contributed by atoms with van der Waals surface area (Å²) in [5, 5.41) is 14.2. The smallest absolute Gasteiger partial charge is 0.336 e. The van der Waals surface area contributed by atoms with Crippen molar-refractivity contribution in [2.24, 2.45) is 0 Å². The minimum atomic E-state index is -0.617. The molecule has 0 radical (unpaired) electrons. The van der Waals surface area contributed by atoms with Crippen molar-refractivity contribution in [3.63, 3.8) is 0 Å². The van der Waals surface area contributed by atoms with Gasteiger partial charge in [0.25, 0.3) is 0 Å². The van der Waals surface area contributed by atoms with Crippen molar-refractivity contribution in [3.05, 3.63) is 81.2 Å². The van der Waals surface area contributed by atoms with E-state index in [4.69, 9.17) is 21.1 Å². The molecule has 0 saturated carbocycles. The number of Topliss-reactive ketones (excluding diaryl/α,β-unsaturated/α-hetero) is 1. The average Bonchev–Trinajstić information content (AvgIpc) is 2.80. The number of ketones is 1. The fourth-order valence-corrected chi connectivity index (χ4v) is 4.93. The van der Waals surface area contributed by atoms with E-state index < -0.39 is 11.9 Å². The van der Waals surface area contributed by atoms with Crippen LogP contribution in [0.15, 0.2) is 65.0 Å². The molecule has 0 fully saturated rings. The average molecular weight is 482 g/mol. The zero-order valence-electron chi connectivity index (χ0n) is 19.5. The molecular weight excluding hydrogens is 454 g/mol. The predicted molar refractivity (Wildman–Crippen MR) is 130 cm³/mol. The van der Waals surface area contributed by atoms with Gasteiger partial charge in [0.05, 0.1) is 18.8 Å². The Hall–Kier alpha value is -3.25. The molecule has 2 aromatic carbocycles. The number of carbonyl (C=O) groups excluding carboxylic acids is 2. The fraction of sp³-hybridized carbons (Fsp3) is 0.333. The van der Waals surface area contributed by atoms with Gasteiger partial charge < -0.3 is 19.9 Å². The number of halogens is 1. The number of aromatic hydroxyl groups is 1. The van der Waals surface area contributed by atoms with Crippen molar-refractivity contribution in [1.82, 2.24) is 5.32 Å². The molecule has 0 bridgehead atoms. The first-order valence-electron chi connectivity index (χ1n) is 11.5. The summed E-state index contributed by atoms with van der Waals surface area (Å²) in [5.41, 5.74) is 4.15. The molecule has 7 heteroatoms. The molecule has 2 aromatic rings. The van der Waals surface area contributed by atoms with Crippen LogP contribution in [-0.2, 0) is 14.3 Å². The molecule has 1 aliphatic heterocycles. The highest BCUT2D eigenvalue weighted by molar-refractivity contribution is 6.30. The summed E-state index contributed by atoms with van der Waals surface area (Å²) in [6.45, 7) is 6.00. The summed E-state index contributed by atoms with van der Waals surface area (Å²) in [7, 11) is 0. The summed E-state index contributed by atoms with van der Waals surface area (Å²) < 4.78 is 10.9. The van der Waals surface area contributed by atoms with Crippen LogP contribution >= 0.6 is 11.6 Å². The standard InChI is InChI=1S/C27H28ClNO5/c1-4-33-23-14-17(8-11-21(23)30)25-24(27(32)34-5-2)15(3)29-20-12-18(13-22(31)26(20)25)16-6-9-19(28)10-7-16/h6-11,14,18,25,29-30H,4-5,12-13H2,1-3H3/t18-,25-/m0/s1. The summed E-state index contributed by atoms with van der Waals surface area (Å²) >= 11 is 6.05. The van der Waals surface area contributed by atoms with Crippen molar-refractivity contribution in [2.45, 2.75) is 45.4 Å². The zero-order valence-corrected chi connectivity index (χ0v) is 20.2. The van der Waals surface area contributed by atoms with E-state index in [1.165, 1.54) is 6.07 Å². The molecule has 4 rings (SSSR count). The molecule has 34 heavy (non-hydrogen) atoms. The first kappa shape index (κ1) is 23.9. The first-order valence-corrected chi connectivity index (χ1v) is 11.8. The van der Waals surface area contributed by atoms with Crippen molar-refractivity contribution in [1.29, 1.82) is 0 Å². The van der Waals surface area contributed by atoms with Crippen LogP contribution in [0.25, 0.3) is 0 Å². The van der Waals surface area contributed by atoms with Crippen LogP contribution in [0.4, 0.5) is 0 Å². The number of dihydropyridines is 1. The molecule has 0 unspecified atom stereocenters. The largest absolute Gasteiger partial charge is 0.504 e. The van der Waals surface area contributed by atoms with E-state index in [-0.39, 0.29) is 24.1 Å². The van der Waals surface area contributed by atoms with Crippen LogP contribution in [0.2, 0.25) is 5.02 Å². The van der Waals surface area contributed by atoms with Crippen LogP contribution in [0, 0.1) is 0 Å². The minimum absolute atomic E-state index is 0.00453. The molecule has 1 aliphatic carbocycles. The van der Waals surface area contributed by atoms with E-state index in [9.17, 15) is 14.7 Å². The van der Waals surface area contributed by atoms with Gasteiger partial charge in [0.2, 0.25) is 0 Å². The van der Waals surface area contributed by atoms with Crippen LogP contribution in [-0.4, -0.2) is 30.1 Å². The van der Waals surface area contributed by atoms with Crippen LogP contribution in [0.3, 0.4) is 0 Å². The molecule has 0 aromatic heterocycles. The number of nitrogens with one attached hydrogen (secondary N) is 1. The Morgan fingerprint density at radius 2 is 1.79 bits per heavy atom. The van der Waals surface area contributed by atoms with E-state index >= 15 is 0 Å². The highest BCUT2D eigenvalue weighted by Crippen LogP contribution is 2.47. The van der Waals surface area contributed by atoms with Gasteiger partial charge in [-0.3, -0.25) is 4.79 Å². The van der Waals surface area contributed by atoms with Crippen LogP contribution in [0.5, 0.6) is 11.5 Å². The maximum atomic E-state index is 13.6. The number of ether oxygens (including phenoxy) is 2. The van der Waals surface area contributed by atoms with Crippen LogP contribution < -0.4 is 10.1 Å². The van der Waals surface area contributed by atoms with Gasteiger partial charge in [-0.25, -0.2) is 4.79 Å². The number of hydrogen-bond acceptors (Lipinski definition) is 6. The Morgan fingerprint density at radius 3 is 2.47 bits per heavy atom. The third-order valence-electron chi connectivity index (χ3n) is 6.28. The van der Waals surface area contributed by atoms with Crippen molar-refractivity contribution in [2.75, 3.05) is 13.2 Å². The maximum Gasteiger partial charge on any atom is 0.336 e. The fourth-order valence-electron chi connectivity index (χ4n) is 4.80. The molecule has 6 nitrogen and oxygen atoms in total. The summed E-state index contributed by atoms with van der Waals surface area (Å²) in [4.78, 5) is 26.6. The number of benzene rings is 2. The number of phenolic OH excluding ortho intramolecular Hbond substituents is 1. The van der Waals surface area contributed by atoms with Gasteiger partial charge in [-0.1, -0.05) is 29.8 Å². The molecule has 0 amide bonds. The number of carbonyl (C=O) groups is 2. The second-order valence-corrected chi connectivity index (χ2v) is 8.89. The molecule has 0 saturated heterocycles. The number of allylic oxidation sites excluding steroid dienone is 3. The second kappa shape index (κ2) is 9.94. The quantitative estimate of drug-likeness (QED) is 0.539. The highest BCUT2D eigenvalue weighted by Gasteiger charge is 2.41. The molecule has 2 aliphatic rings. The Balaban J connectivity index is 1.81. The van der Waals surface area contributed by atoms with E-state index in [1.807, 2.05) is 38.1 Å². The summed E-state index contributed by atoms with van der Waals surface area (Å²) in [6.07, 6.45) is 0.952. The van der Waals surface area contributed by atoms with E-state index in [2.05, 4.69) is 5.32 Å². The molecule has 2 N–H and O–H groups in total. The topological polar surface area (TPSA) is 84.9 Å². The maximum absolute atomic E-state index is 13.6. The molecule has 2 atom stereocenters. The van der Waals surface area contributed by atoms with Gasteiger partial charge >= 0.3 is 5.97 Å². The van der Waals surface area contributed by atoms with E-state index in [1.54, 1.807) is 19.1 Å². The van der Waals surface area contributed by atoms with Gasteiger partial charge in [0.15, 0.2) is 17.3 Å². The third kappa shape index (κ3) is 4.55. The minimum Gasteiger partial charge on any atom is -0.504 e. The molecule has 0 spiro atoms. The van der Waals surface area contributed by atoms with E-state index in [0.717, 1.165) is 11.3 Å². The summed E-state index contributed by atoms with van der Waals surface area (Å²) in [6, 6.07) is 12.5. The Morgan fingerprint density at radius 1 is 1.09 bits per heavy atom. The lowest BCUT2D eigenvalue weighted by atomic mass is 9.71. The zero-order chi connectivity index (χ0) is 24.4. The van der Waals surface area contributed by atoms with Crippen molar-refractivity contribution >= 4 is 23.4 Å². The summed E-state index contributed by atoms with van der Waals surface area (Å²) in [5.74, 6) is -0.795. The molecule has 1 heterocycles. The molecular formula is C27H28ClNO5. The van der Waals surface area contributed by atoms with Gasteiger partial charge in [-0.15, -0.1) is 0 Å². The Labute approximate surface area is 204 Å². The predicted octanol–water partition coefficient (Wildman–Crippen LogP) is 5.37. The first-order chi connectivity index (χ1) is 16.3. The second-order valence-electron chi connectivity index (χ2n) is 8.45. The lowest BCUT2D eigenvalue weighted by Crippen LogP contribution is -2.36. The normalized spacial score (nSPS) is 20.1. The lowest BCUT2D eigenvalue weighted by Gasteiger charge is -2.36. The van der Waals surface area contributed by atoms with Gasteiger partial charge in [-0.2, -0.15) is 0 Å². The van der Waals surface area contributed by atoms with Gasteiger partial charge in [0.1, 0.15) is 0 Å². The number of hydrogen-bond donors (Lipinski definition) is 2. The highest BCUT2D eigenvalue weighted by atomic mass is 35.5. The van der Waals surface area contributed by atoms with Gasteiger partial charge in [0, 0.05) is 34.3 Å². The van der Waals surface area contributed by atoms with Crippen molar-refractivity contribution in [3.8, 4) is 11.5 Å². The number of phenols is 1. The van der Waals surface area contributed by atoms with E-state index in [0.29, 0.717) is 52.6 Å². The number of rotatable bonds is 6. The lowest BCUT2D eigenvalue weighted by molar-refractivity contribution is -0.138. The Kier molecular flexibility index (Phi) is 6.98. The Bertz CT molecular complexity index is 1180. The van der Waals surface area contributed by atoms with Gasteiger partial charge in [-0.05, 0) is 68.5 Å². The third-order valence-corrected chi connectivity index (χ3v) is 6.53. The monoisotopic (exact) mass is 481 g/mol. The SMILES string of the molecule is CCOC(=O)C1=C(C)NC2=C(C(=O)C[C@@H](c3ccc(Cl)cc3)C2)[C@H]1c1ccc(O)c(OCC)c1. The molecule has 178 valence electrons.